The highest BCUT2D eigenvalue weighted by Gasteiger charge is 2.35. The smallest absolute Gasteiger partial charge is 0.123 e. The van der Waals surface area contributed by atoms with Gasteiger partial charge in [-0.3, -0.25) is 4.90 Å². The summed E-state index contributed by atoms with van der Waals surface area (Å²) in [6.45, 7) is 2.30. The van der Waals surface area contributed by atoms with Gasteiger partial charge in [-0.25, -0.2) is 4.98 Å². The number of ether oxygens (including phenoxy) is 2. The van der Waals surface area contributed by atoms with E-state index in [4.69, 9.17) is 21.1 Å². The molecule has 2 aromatic rings. The Bertz CT molecular complexity index is 853. The summed E-state index contributed by atoms with van der Waals surface area (Å²) in [5.74, 6) is 0.698. The number of methoxy groups -OCH3 is 1. The molecule has 1 fully saturated rings. The molecule has 4 N–H and O–H groups in total. The first kappa shape index (κ1) is 26.3. The molecule has 1 saturated heterocycles. The Labute approximate surface area is 203 Å². The largest absolute Gasteiger partial charge is 0.497 e. The molecule has 0 saturated carbocycles. The fourth-order valence-electron chi connectivity index (χ4n) is 3.84. The molecule has 0 radical (unpaired) electrons. The number of β-amino-alcohol motifs (C(OH)–C–C–N with tert-alkyl or cyclic N) is 2. The van der Waals surface area contributed by atoms with Crippen LogP contribution in [0.5, 0.6) is 5.75 Å². The Hall–Kier alpha value is -1.30. The van der Waals surface area contributed by atoms with E-state index in [1.54, 1.807) is 24.5 Å². The van der Waals surface area contributed by atoms with Gasteiger partial charge in [0.15, 0.2) is 0 Å². The molecule has 1 aromatic carbocycles. The third-order valence-electron chi connectivity index (χ3n) is 5.70. The van der Waals surface area contributed by atoms with E-state index in [0.29, 0.717) is 30.5 Å². The predicted octanol–water partition coefficient (Wildman–Crippen LogP) is 2.31. The summed E-state index contributed by atoms with van der Waals surface area (Å²) >= 11 is 7.69. The summed E-state index contributed by atoms with van der Waals surface area (Å²) in [6, 6.07) is 5.54. The first-order valence-electron chi connectivity index (χ1n) is 11.2. The first-order chi connectivity index (χ1) is 15.9. The molecule has 33 heavy (non-hydrogen) atoms. The van der Waals surface area contributed by atoms with Gasteiger partial charge < -0.3 is 29.9 Å². The molecule has 1 aromatic heterocycles. The number of aliphatic hydroxyl groups excluding tert-OH is 4. The number of benzene rings is 1. The number of aromatic nitrogens is 1. The van der Waals surface area contributed by atoms with Crippen molar-refractivity contribution in [2.45, 2.75) is 56.7 Å². The third-order valence-corrected chi connectivity index (χ3v) is 6.86. The summed E-state index contributed by atoms with van der Waals surface area (Å²) < 4.78 is 11.0. The number of unbranched alkanes of at least 4 members (excludes halogenated alkanes) is 3. The van der Waals surface area contributed by atoms with Gasteiger partial charge in [-0.15, -0.1) is 11.3 Å². The molecule has 1 aliphatic heterocycles. The molecule has 0 unspecified atom stereocenters. The molecule has 3 rings (SSSR count). The molecule has 0 amide bonds. The molecular formula is C23H33ClN2O6S. The minimum absolute atomic E-state index is 0.246. The number of rotatable bonds is 11. The summed E-state index contributed by atoms with van der Waals surface area (Å²) in [5, 5.41) is 42.8. The Morgan fingerprint density at radius 1 is 1.03 bits per heavy atom. The van der Waals surface area contributed by atoms with E-state index in [-0.39, 0.29) is 13.1 Å². The topological polar surface area (TPSA) is 116 Å². The fraction of sp³-hybridized carbons (Fsp3) is 0.609. The molecule has 0 spiro atoms. The molecule has 0 aliphatic carbocycles. The van der Waals surface area contributed by atoms with E-state index in [2.05, 4.69) is 4.98 Å². The van der Waals surface area contributed by atoms with E-state index in [0.717, 1.165) is 41.9 Å². The molecule has 184 valence electrons. The minimum Gasteiger partial charge on any atom is -0.497 e. The van der Waals surface area contributed by atoms with Crippen molar-refractivity contribution < 1.29 is 29.9 Å². The number of thiazole rings is 1. The first-order valence-corrected chi connectivity index (χ1v) is 12.4. The molecule has 1 aliphatic rings. The summed E-state index contributed by atoms with van der Waals surface area (Å²) in [5.41, 5.74) is 1.81. The Morgan fingerprint density at radius 3 is 2.42 bits per heavy atom. The van der Waals surface area contributed by atoms with Crippen molar-refractivity contribution in [2.24, 2.45) is 0 Å². The zero-order valence-corrected chi connectivity index (χ0v) is 20.3. The Balaban J connectivity index is 1.30. The summed E-state index contributed by atoms with van der Waals surface area (Å²) in [7, 11) is 1.61. The quantitative estimate of drug-likeness (QED) is 0.347. The molecule has 8 nitrogen and oxygen atoms in total. The second-order valence-electron chi connectivity index (χ2n) is 8.37. The minimum atomic E-state index is -1.32. The number of likely N-dealkylation sites (tertiary alicyclic amines) is 1. The lowest BCUT2D eigenvalue weighted by Crippen LogP contribution is -2.43. The number of hydrogen-bond donors (Lipinski definition) is 4. The average Bonchev–Trinajstić information content (AvgIpc) is 3.24. The van der Waals surface area contributed by atoms with Crippen molar-refractivity contribution in [3.05, 3.63) is 34.3 Å². The highest BCUT2D eigenvalue weighted by Crippen LogP contribution is 2.30. The predicted molar refractivity (Wildman–Crippen MR) is 128 cm³/mol. The summed E-state index contributed by atoms with van der Waals surface area (Å²) in [6.07, 6.45) is -0.900. The van der Waals surface area contributed by atoms with Gasteiger partial charge in [0.2, 0.25) is 0 Å². The van der Waals surface area contributed by atoms with Gasteiger partial charge in [-0.05, 0) is 37.6 Å². The highest BCUT2D eigenvalue weighted by atomic mass is 35.5. The van der Waals surface area contributed by atoms with Crippen molar-refractivity contribution in [3.8, 4) is 16.3 Å². The fourth-order valence-corrected chi connectivity index (χ4v) is 4.85. The maximum Gasteiger partial charge on any atom is 0.123 e. The molecule has 4 atom stereocenters. The van der Waals surface area contributed by atoms with Gasteiger partial charge in [0.25, 0.3) is 0 Å². The van der Waals surface area contributed by atoms with Crippen LogP contribution in [0.25, 0.3) is 10.6 Å². The lowest BCUT2D eigenvalue weighted by molar-refractivity contribution is -0.0894. The van der Waals surface area contributed by atoms with Crippen LogP contribution in [-0.2, 0) is 11.3 Å². The van der Waals surface area contributed by atoms with E-state index in [9.17, 15) is 20.4 Å². The highest BCUT2D eigenvalue weighted by molar-refractivity contribution is 7.13. The molecule has 10 heteroatoms. The van der Waals surface area contributed by atoms with Gasteiger partial charge in [0, 0.05) is 35.7 Å². The van der Waals surface area contributed by atoms with Crippen LogP contribution < -0.4 is 4.74 Å². The van der Waals surface area contributed by atoms with Crippen LogP contribution >= 0.6 is 22.9 Å². The van der Waals surface area contributed by atoms with Crippen LogP contribution in [0.1, 0.15) is 31.4 Å². The van der Waals surface area contributed by atoms with Gasteiger partial charge >= 0.3 is 0 Å². The summed E-state index contributed by atoms with van der Waals surface area (Å²) in [4.78, 5) is 6.51. The van der Waals surface area contributed by atoms with Gasteiger partial charge in [0.1, 0.15) is 23.0 Å². The lowest BCUT2D eigenvalue weighted by Gasteiger charge is -2.23. The lowest BCUT2D eigenvalue weighted by atomic mass is 10.1. The standard InChI is InChI=1S/C23H33ClN2O6S/c1-31-18-9-15(8-16(24)10-18)23-25-17(14-33-23)13-32-7-5-3-2-4-6-26-11-19(27)21(29)22(30)20(28)12-26/h8-10,14,19-22,27-30H,2-7,11-13H2,1H3/t19-,20-,21+,22+/m0/s1. The van der Waals surface area contributed by atoms with E-state index in [1.165, 1.54) is 0 Å². The monoisotopic (exact) mass is 500 g/mol. The maximum atomic E-state index is 9.92. The van der Waals surface area contributed by atoms with Crippen molar-refractivity contribution in [1.82, 2.24) is 9.88 Å². The van der Waals surface area contributed by atoms with Crippen LogP contribution in [0.4, 0.5) is 0 Å². The van der Waals surface area contributed by atoms with Gasteiger partial charge in [-0.1, -0.05) is 24.4 Å². The Morgan fingerprint density at radius 2 is 1.73 bits per heavy atom. The van der Waals surface area contributed by atoms with Crippen LogP contribution in [0.2, 0.25) is 5.02 Å². The molecular weight excluding hydrogens is 468 g/mol. The van der Waals surface area contributed by atoms with Crippen LogP contribution in [0.15, 0.2) is 23.6 Å². The third kappa shape index (κ3) is 7.87. The second-order valence-corrected chi connectivity index (χ2v) is 9.66. The average molecular weight is 501 g/mol. The van der Waals surface area contributed by atoms with E-state index < -0.39 is 24.4 Å². The molecule has 0 bridgehead atoms. The van der Waals surface area contributed by atoms with Gasteiger partial charge in [0.05, 0.1) is 31.6 Å². The SMILES string of the molecule is COc1cc(Cl)cc(-c2nc(COCCCCCCN3C[C@H](O)[C@@H](O)[C@H](O)[C@@H](O)C3)cs2)c1. The van der Waals surface area contributed by atoms with Crippen molar-refractivity contribution in [2.75, 3.05) is 33.4 Å². The maximum absolute atomic E-state index is 9.92. The van der Waals surface area contributed by atoms with Crippen LogP contribution in [0, 0.1) is 0 Å². The van der Waals surface area contributed by atoms with Gasteiger partial charge in [-0.2, -0.15) is 0 Å². The van der Waals surface area contributed by atoms with Crippen molar-refractivity contribution in [1.29, 1.82) is 0 Å². The zero-order chi connectivity index (χ0) is 23.8. The van der Waals surface area contributed by atoms with Crippen LogP contribution in [0.3, 0.4) is 0 Å². The van der Waals surface area contributed by atoms with E-state index in [1.807, 2.05) is 22.4 Å². The number of nitrogens with zero attached hydrogens (tertiary/aromatic N) is 2. The number of halogens is 1. The number of hydrogen-bond acceptors (Lipinski definition) is 9. The van der Waals surface area contributed by atoms with E-state index >= 15 is 0 Å². The Kier molecular flexibility index (Phi) is 10.3. The molecule has 2 heterocycles. The number of aliphatic hydroxyl groups is 4. The van der Waals surface area contributed by atoms with Crippen LogP contribution in [-0.4, -0.2) is 88.1 Å². The van der Waals surface area contributed by atoms with Crippen molar-refractivity contribution >= 4 is 22.9 Å². The zero-order valence-electron chi connectivity index (χ0n) is 18.8. The van der Waals surface area contributed by atoms with Crippen molar-refractivity contribution in [3.63, 3.8) is 0 Å². The normalized spacial score (nSPS) is 24.1. The second kappa shape index (κ2) is 13.0.